The summed E-state index contributed by atoms with van der Waals surface area (Å²) in [4.78, 5) is 0. The molecule has 5 saturated carbocycles. The fourth-order valence-corrected chi connectivity index (χ4v) is 14.2. The largest absolute Gasteiger partial charge is 0.394 e. The van der Waals surface area contributed by atoms with Crippen LogP contribution in [0.5, 0.6) is 0 Å². The Morgan fingerprint density at radius 1 is 0.782 bits per heavy atom. The lowest BCUT2D eigenvalue weighted by Crippen LogP contribution is -2.65. The Labute approximate surface area is 325 Å². The molecule has 2 saturated heterocycles. The zero-order valence-corrected chi connectivity index (χ0v) is 33.7. The second kappa shape index (κ2) is 14.3. The lowest BCUT2D eigenvalue weighted by Gasteiger charge is -2.65. The number of aliphatic hydroxyl groups excluding tert-OH is 9. The molecule has 0 aromatic heterocycles. The third kappa shape index (κ3) is 6.33. The summed E-state index contributed by atoms with van der Waals surface area (Å²) in [6, 6.07) is 0. The molecule has 318 valence electrons. The second-order valence-electron chi connectivity index (χ2n) is 20.7. The Balaban J connectivity index is 1.22. The summed E-state index contributed by atoms with van der Waals surface area (Å²) in [6.45, 7) is 13.5. The van der Waals surface area contributed by atoms with Gasteiger partial charge in [0.2, 0.25) is 0 Å². The van der Waals surface area contributed by atoms with Crippen LogP contribution in [0.3, 0.4) is 0 Å². The highest BCUT2D eigenvalue weighted by atomic mass is 16.7. The molecule has 2 heterocycles. The third-order valence-electron chi connectivity index (χ3n) is 17.3. The maximum atomic E-state index is 12.0. The van der Waals surface area contributed by atoms with Crippen molar-refractivity contribution < 1.29 is 70.0 Å². The number of hydrogen-bond donors (Lipinski definition) is 10. The van der Waals surface area contributed by atoms with Crippen LogP contribution in [0.15, 0.2) is 0 Å². The summed E-state index contributed by atoms with van der Waals surface area (Å²) < 4.78 is 25.1. The van der Waals surface area contributed by atoms with Crippen LogP contribution in [0.2, 0.25) is 0 Å². The zero-order valence-electron chi connectivity index (χ0n) is 33.7. The molecule has 0 bridgehead atoms. The molecule has 0 unspecified atom stereocenters. The molecule has 0 aromatic carbocycles. The van der Waals surface area contributed by atoms with E-state index in [1.807, 2.05) is 0 Å². The van der Waals surface area contributed by atoms with Crippen molar-refractivity contribution in [3.8, 4) is 0 Å². The number of aliphatic hydroxyl groups is 10. The summed E-state index contributed by atoms with van der Waals surface area (Å²) in [5.41, 5.74) is -2.64. The van der Waals surface area contributed by atoms with Crippen molar-refractivity contribution in [3.63, 3.8) is 0 Å². The predicted octanol–water partition coefficient (Wildman–Crippen LogP) is 0.564. The molecule has 7 fully saturated rings. The Hall–Kier alpha value is -0.560. The van der Waals surface area contributed by atoms with E-state index in [-0.39, 0.29) is 51.9 Å². The third-order valence-corrected chi connectivity index (χ3v) is 17.3. The van der Waals surface area contributed by atoms with Gasteiger partial charge in [-0.2, -0.15) is 0 Å². The molecule has 14 nitrogen and oxygen atoms in total. The van der Waals surface area contributed by atoms with Gasteiger partial charge in [0.05, 0.1) is 43.2 Å². The van der Waals surface area contributed by atoms with Crippen LogP contribution >= 0.6 is 0 Å². The Morgan fingerprint density at radius 3 is 2.11 bits per heavy atom. The minimum atomic E-state index is -1.60. The van der Waals surface area contributed by atoms with E-state index in [0.29, 0.717) is 32.1 Å². The minimum absolute atomic E-state index is 0.0301. The van der Waals surface area contributed by atoms with Gasteiger partial charge in [-0.15, -0.1) is 0 Å². The molecule has 0 aromatic rings. The molecule has 7 rings (SSSR count). The van der Waals surface area contributed by atoms with Crippen molar-refractivity contribution >= 4 is 0 Å². The van der Waals surface area contributed by atoms with Crippen molar-refractivity contribution in [2.24, 2.45) is 50.7 Å². The quantitative estimate of drug-likeness (QED) is 0.136. The van der Waals surface area contributed by atoms with Gasteiger partial charge < -0.3 is 70.0 Å². The highest BCUT2D eigenvalue weighted by Crippen LogP contribution is 2.89. The summed E-state index contributed by atoms with van der Waals surface area (Å²) in [7, 11) is 0. The second-order valence-corrected chi connectivity index (χ2v) is 20.7. The van der Waals surface area contributed by atoms with Crippen LogP contribution in [-0.2, 0) is 18.9 Å². The highest BCUT2D eigenvalue weighted by molar-refractivity contribution is 5.32. The van der Waals surface area contributed by atoms with Gasteiger partial charge in [0, 0.05) is 0 Å². The van der Waals surface area contributed by atoms with Crippen molar-refractivity contribution in [3.05, 3.63) is 0 Å². The Morgan fingerprint density at radius 2 is 1.45 bits per heavy atom. The first kappa shape index (κ1) is 42.6. The summed E-state index contributed by atoms with van der Waals surface area (Å²) >= 11 is 0. The van der Waals surface area contributed by atoms with Crippen LogP contribution in [0.4, 0.5) is 0 Å². The van der Waals surface area contributed by atoms with Crippen molar-refractivity contribution in [2.75, 3.05) is 13.2 Å². The van der Waals surface area contributed by atoms with Gasteiger partial charge >= 0.3 is 0 Å². The van der Waals surface area contributed by atoms with Crippen molar-refractivity contribution in [1.29, 1.82) is 0 Å². The molecule has 7 aliphatic rings. The summed E-state index contributed by atoms with van der Waals surface area (Å²) in [6.07, 6.45) is -8.32. The normalized spacial score (nSPS) is 54.4. The van der Waals surface area contributed by atoms with E-state index in [4.69, 9.17) is 18.9 Å². The van der Waals surface area contributed by atoms with E-state index in [2.05, 4.69) is 34.6 Å². The van der Waals surface area contributed by atoms with Gasteiger partial charge in [0.1, 0.15) is 42.7 Å². The van der Waals surface area contributed by atoms with Crippen molar-refractivity contribution in [2.45, 2.75) is 192 Å². The summed E-state index contributed by atoms with van der Waals surface area (Å²) in [5.74, 6) is 0.0163. The molecule has 2 aliphatic heterocycles. The topological polar surface area (TPSA) is 239 Å². The van der Waals surface area contributed by atoms with E-state index >= 15 is 0 Å². The number of fused-ring (bicyclic) bond motifs is 2. The monoisotopic (exact) mass is 786 g/mol. The van der Waals surface area contributed by atoms with Gasteiger partial charge in [-0.1, -0.05) is 34.6 Å². The van der Waals surface area contributed by atoms with Crippen LogP contribution in [0.25, 0.3) is 0 Å². The molecular formula is C41H70O14. The molecule has 55 heavy (non-hydrogen) atoms. The van der Waals surface area contributed by atoms with Gasteiger partial charge in [0.15, 0.2) is 12.6 Å². The SMILES string of the molecule is C[C@@H](CC[C@H](O)C(C)(C)O)[C@@H]1[C@@H](O)C[C@@]2(C)[C@@H]3C[C@H](O[C@H]4O[C@@H](CO)[C@@H](O)[C@@H](O)[C@@H]4O)[C@@H]4C(C)(C)[C@H](O[C@@H]5OC[C@@H](O)[C@H](O)[C@@H]5O)CC[C@@]45C[C@@]35CC[C@@]12C. The molecular weight excluding hydrogens is 716 g/mol. The highest BCUT2D eigenvalue weighted by Gasteiger charge is 2.84. The molecule has 5 aliphatic carbocycles. The Kier molecular flexibility index (Phi) is 11.1. The predicted molar refractivity (Wildman–Crippen MR) is 196 cm³/mol. The standard InChI is InChI=1S/C41H70O14/c1-19(8-9-25(45)37(4,5)51)27-20(43)15-39(7)24-14-22(53-35-32(50)30(48)29(47)23(16-42)54-35)33-36(2,3)26(55-34-31(49)28(46)21(44)17-52-34)10-11-41(33)18-40(24,41)13-12-38(27,39)6/h19-35,42-51H,8-18H2,1-7H3/t19-,20-,21+,22-,23-,24-,25-,26+,27+,28-,29+,30+,31-,32-,33+,34-,35-,38-,39-,40-,41+/m0/s1. The average molecular weight is 787 g/mol. The van der Waals surface area contributed by atoms with E-state index in [1.54, 1.807) is 13.8 Å². The van der Waals surface area contributed by atoms with Gasteiger partial charge in [-0.05, 0) is 122 Å². The first-order valence-electron chi connectivity index (χ1n) is 20.9. The smallest absolute Gasteiger partial charge is 0.186 e. The zero-order chi connectivity index (χ0) is 40.4. The fourth-order valence-electron chi connectivity index (χ4n) is 14.2. The first-order valence-corrected chi connectivity index (χ1v) is 20.9. The molecule has 21 atom stereocenters. The van der Waals surface area contributed by atoms with Gasteiger partial charge in [-0.3, -0.25) is 0 Å². The molecule has 14 heteroatoms. The lowest BCUT2D eigenvalue weighted by atomic mass is 9.41. The van der Waals surface area contributed by atoms with Crippen LogP contribution in [0.1, 0.15) is 106 Å². The van der Waals surface area contributed by atoms with Gasteiger partial charge in [-0.25, -0.2) is 0 Å². The minimum Gasteiger partial charge on any atom is -0.394 e. The van der Waals surface area contributed by atoms with E-state index < -0.39 is 97.3 Å². The molecule has 0 radical (unpaired) electrons. The number of hydrogen-bond acceptors (Lipinski definition) is 14. The van der Waals surface area contributed by atoms with Crippen LogP contribution in [-0.4, -0.2) is 150 Å². The first-order chi connectivity index (χ1) is 25.5. The maximum absolute atomic E-state index is 12.0. The summed E-state index contributed by atoms with van der Waals surface area (Å²) in [5, 5.41) is 107. The van der Waals surface area contributed by atoms with Crippen LogP contribution < -0.4 is 0 Å². The maximum Gasteiger partial charge on any atom is 0.186 e. The van der Waals surface area contributed by atoms with Gasteiger partial charge in [0.25, 0.3) is 0 Å². The average Bonchev–Trinajstić information content (AvgIpc) is 3.71. The lowest BCUT2D eigenvalue weighted by molar-refractivity contribution is -0.338. The molecule has 0 amide bonds. The van der Waals surface area contributed by atoms with Crippen LogP contribution in [0, 0.1) is 50.7 Å². The number of ether oxygens (including phenoxy) is 4. The Bertz CT molecular complexity index is 1390. The van der Waals surface area contributed by atoms with Crippen molar-refractivity contribution in [1.82, 2.24) is 0 Å². The van der Waals surface area contributed by atoms with E-state index in [1.165, 1.54) is 0 Å². The van der Waals surface area contributed by atoms with E-state index in [9.17, 15) is 51.1 Å². The molecule has 2 spiro atoms. The number of rotatable bonds is 10. The van der Waals surface area contributed by atoms with E-state index in [0.717, 1.165) is 25.7 Å². The molecule has 10 N–H and O–H groups in total. The fraction of sp³-hybridized carbons (Fsp3) is 1.00.